The maximum absolute atomic E-state index is 13.0. The fourth-order valence-electron chi connectivity index (χ4n) is 2.03. The maximum atomic E-state index is 13.0. The van der Waals surface area contributed by atoms with Crippen LogP contribution in [0.1, 0.15) is 21.5 Å². The van der Waals surface area contributed by atoms with Gasteiger partial charge in [0.25, 0.3) is 11.8 Å². The molecule has 0 saturated heterocycles. The summed E-state index contributed by atoms with van der Waals surface area (Å²) >= 11 is 0. The van der Waals surface area contributed by atoms with E-state index in [9.17, 15) is 24.2 Å². The number of phenols is 2. The molecule has 0 aliphatic rings. The highest BCUT2D eigenvalue weighted by molar-refractivity contribution is 5.96. The molecule has 2 aromatic rings. The second-order valence-corrected chi connectivity index (χ2v) is 5.18. The van der Waals surface area contributed by atoms with E-state index in [1.165, 1.54) is 30.5 Å². The number of carbonyl (C=O) groups excluding carboxylic acids is 2. The average molecular weight is 345 g/mol. The number of hydrogen-bond acceptors (Lipinski definition) is 5. The Balaban J connectivity index is 1.88. The molecule has 2 aromatic carbocycles. The molecule has 7 nitrogen and oxygen atoms in total. The van der Waals surface area contributed by atoms with Crippen molar-refractivity contribution in [1.29, 1.82) is 0 Å². The molecule has 0 bridgehead atoms. The molecule has 25 heavy (non-hydrogen) atoms. The molecule has 8 heteroatoms. The molecule has 0 aliphatic heterocycles. The highest BCUT2D eigenvalue weighted by Crippen LogP contribution is 2.24. The number of nitrogens with zero attached hydrogens (tertiary/aromatic N) is 1. The number of benzene rings is 2. The minimum Gasteiger partial charge on any atom is -0.508 e. The first-order valence-electron chi connectivity index (χ1n) is 7.25. The van der Waals surface area contributed by atoms with Gasteiger partial charge in [0, 0.05) is 17.2 Å². The Kier molecular flexibility index (Phi) is 5.67. The third-order valence-electron chi connectivity index (χ3n) is 3.23. The van der Waals surface area contributed by atoms with Crippen molar-refractivity contribution in [1.82, 2.24) is 10.7 Å². The van der Waals surface area contributed by atoms with Gasteiger partial charge >= 0.3 is 0 Å². The Bertz CT molecular complexity index is 813. The zero-order valence-corrected chi connectivity index (χ0v) is 13.3. The minimum atomic E-state index is -0.600. The van der Waals surface area contributed by atoms with Crippen molar-refractivity contribution in [2.75, 3.05) is 6.54 Å². The molecule has 0 aromatic heterocycles. The third-order valence-corrected chi connectivity index (χ3v) is 3.23. The van der Waals surface area contributed by atoms with Crippen LogP contribution in [0.15, 0.2) is 41.5 Å². The number of halogens is 1. The van der Waals surface area contributed by atoms with Crippen molar-refractivity contribution in [3.63, 3.8) is 0 Å². The highest BCUT2D eigenvalue weighted by atomic mass is 19.1. The number of hydrazone groups is 1. The van der Waals surface area contributed by atoms with Crippen LogP contribution >= 0.6 is 0 Å². The van der Waals surface area contributed by atoms with Gasteiger partial charge in [-0.3, -0.25) is 9.59 Å². The molecule has 0 saturated carbocycles. The maximum Gasteiger partial charge on any atom is 0.259 e. The van der Waals surface area contributed by atoms with Gasteiger partial charge in [-0.25, -0.2) is 9.82 Å². The number of carbonyl (C=O) groups is 2. The summed E-state index contributed by atoms with van der Waals surface area (Å²) in [6.45, 7) is 1.30. The fraction of sp³-hybridized carbons (Fsp3) is 0.118. The van der Waals surface area contributed by atoms with Gasteiger partial charge in [0.05, 0.1) is 12.8 Å². The summed E-state index contributed by atoms with van der Waals surface area (Å²) < 4.78 is 13.0. The quantitative estimate of drug-likeness (QED) is 0.485. The molecule has 0 spiro atoms. The lowest BCUT2D eigenvalue weighted by molar-refractivity contribution is -0.120. The first kappa shape index (κ1) is 17.9. The Morgan fingerprint density at radius 3 is 2.68 bits per heavy atom. The molecule has 0 radical (unpaired) electrons. The summed E-state index contributed by atoms with van der Waals surface area (Å²) in [4.78, 5) is 23.4. The molecule has 0 aliphatic carbocycles. The summed E-state index contributed by atoms with van der Waals surface area (Å²) in [5.74, 6) is -2.01. The summed E-state index contributed by atoms with van der Waals surface area (Å²) in [5.41, 5.74) is 3.18. The first-order chi connectivity index (χ1) is 11.9. The summed E-state index contributed by atoms with van der Waals surface area (Å²) in [6.07, 6.45) is 1.22. The summed E-state index contributed by atoms with van der Waals surface area (Å²) in [5, 5.41) is 25.0. The van der Waals surface area contributed by atoms with E-state index < -0.39 is 17.6 Å². The lowest BCUT2D eigenvalue weighted by Crippen LogP contribution is -2.34. The normalized spacial score (nSPS) is 10.6. The van der Waals surface area contributed by atoms with Gasteiger partial charge in [-0.1, -0.05) is 6.07 Å². The molecule has 2 amide bonds. The number of hydrogen-bond donors (Lipinski definition) is 4. The van der Waals surface area contributed by atoms with Crippen LogP contribution < -0.4 is 10.7 Å². The smallest absolute Gasteiger partial charge is 0.259 e. The summed E-state index contributed by atoms with van der Waals surface area (Å²) in [7, 11) is 0. The predicted molar refractivity (Wildman–Crippen MR) is 89.0 cm³/mol. The number of rotatable bonds is 5. The molecule has 4 N–H and O–H groups in total. The highest BCUT2D eigenvalue weighted by Gasteiger charge is 2.09. The van der Waals surface area contributed by atoms with Crippen LogP contribution in [0.5, 0.6) is 11.5 Å². The Labute approximate surface area is 142 Å². The monoisotopic (exact) mass is 345 g/mol. The van der Waals surface area contributed by atoms with Crippen LogP contribution in [0.25, 0.3) is 0 Å². The van der Waals surface area contributed by atoms with Crippen LogP contribution in [0.4, 0.5) is 4.39 Å². The predicted octanol–water partition coefficient (Wildman–Crippen LogP) is 1.43. The molecule has 0 unspecified atom stereocenters. The fourth-order valence-corrected chi connectivity index (χ4v) is 2.03. The van der Waals surface area contributed by atoms with Crippen LogP contribution in [0.2, 0.25) is 0 Å². The van der Waals surface area contributed by atoms with Gasteiger partial charge < -0.3 is 15.5 Å². The number of amides is 2. The molecule has 0 fully saturated rings. The number of aromatic hydroxyl groups is 2. The van der Waals surface area contributed by atoms with E-state index in [0.717, 1.165) is 12.1 Å². The van der Waals surface area contributed by atoms with E-state index in [1.54, 1.807) is 6.92 Å². The van der Waals surface area contributed by atoms with Crippen LogP contribution in [0, 0.1) is 12.7 Å². The van der Waals surface area contributed by atoms with Crippen molar-refractivity contribution in [3.05, 3.63) is 58.9 Å². The van der Waals surface area contributed by atoms with Crippen molar-refractivity contribution in [2.24, 2.45) is 5.10 Å². The first-order valence-corrected chi connectivity index (χ1v) is 7.25. The topological polar surface area (TPSA) is 111 Å². The van der Waals surface area contributed by atoms with E-state index in [-0.39, 0.29) is 23.6 Å². The second-order valence-electron chi connectivity index (χ2n) is 5.18. The number of aryl methyl sites for hydroxylation is 1. The summed E-state index contributed by atoms with van der Waals surface area (Å²) in [6, 6.07) is 7.66. The van der Waals surface area contributed by atoms with Gasteiger partial charge in [-0.2, -0.15) is 5.10 Å². The van der Waals surface area contributed by atoms with Crippen molar-refractivity contribution in [3.8, 4) is 11.5 Å². The molecular formula is C17H16FN3O4. The molecule has 130 valence electrons. The van der Waals surface area contributed by atoms with E-state index in [2.05, 4.69) is 15.8 Å². The van der Waals surface area contributed by atoms with Crippen LogP contribution in [-0.2, 0) is 4.79 Å². The van der Waals surface area contributed by atoms with Gasteiger partial charge in [0.1, 0.15) is 17.3 Å². The Morgan fingerprint density at radius 2 is 2.00 bits per heavy atom. The van der Waals surface area contributed by atoms with Gasteiger partial charge in [0.2, 0.25) is 0 Å². The lowest BCUT2D eigenvalue weighted by Gasteiger charge is -2.05. The lowest BCUT2D eigenvalue weighted by atomic mass is 10.1. The van der Waals surface area contributed by atoms with E-state index >= 15 is 0 Å². The van der Waals surface area contributed by atoms with E-state index in [4.69, 9.17) is 0 Å². The zero-order chi connectivity index (χ0) is 18.4. The van der Waals surface area contributed by atoms with E-state index in [0.29, 0.717) is 11.1 Å². The zero-order valence-electron chi connectivity index (χ0n) is 13.3. The van der Waals surface area contributed by atoms with E-state index in [1.807, 2.05) is 0 Å². The van der Waals surface area contributed by atoms with Gasteiger partial charge in [-0.15, -0.1) is 0 Å². The largest absolute Gasteiger partial charge is 0.508 e. The molecule has 2 rings (SSSR count). The average Bonchev–Trinajstić information content (AvgIpc) is 2.55. The minimum absolute atomic E-state index is 0.0868. The van der Waals surface area contributed by atoms with Crippen LogP contribution in [0.3, 0.4) is 0 Å². The Morgan fingerprint density at radius 1 is 1.24 bits per heavy atom. The number of phenolic OH excluding ortho intramolecular Hbond substituents is 2. The third kappa shape index (κ3) is 5.03. The SMILES string of the molecule is Cc1cc(O)cc(O)c1C=NNC(=O)CNC(=O)c1cccc(F)c1. The second kappa shape index (κ2) is 7.91. The van der Waals surface area contributed by atoms with Crippen molar-refractivity contribution >= 4 is 18.0 Å². The van der Waals surface area contributed by atoms with Crippen molar-refractivity contribution < 1.29 is 24.2 Å². The van der Waals surface area contributed by atoms with Crippen LogP contribution in [-0.4, -0.2) is 34.8 Å². The molecule has 0 heterocycles. The van der Waals surface area contributed by atoms with Gasteiger partial charge in [0.15, 0.2) is 0 Å². The molecular weight excluding hydrogens is 329 g/mol. The van der Waals surface area contributed by atoms with Crippen molar-refractivity contribution in [2.45, 2.75) is 6.92 Å². The standard InChI is InChI=1S/C17H16FN3O4/c1-10-5-13(22)7-15(23)14(10)8-20-21-16(24)9-19-17(25)11-3-2-4-12(18)6-11/h2-8,22-23H,9H2,1H3,(H,19,25)(H,21,24). The van der Waals surface area contributed by atoms with Gasteiger partial charge in [-0.05, 0) is 36.8 Å². The number of nitrogens with one attached hydrogen (secondary N) is 2. The Hall–Kier alpha value is -3.42. The molecule has 0 atom stereocenters.